The highest BCUT2D eigenvalue weighted by Crippen LogP contribution is 2.35. The molecule has 1 saturated carbocycles. The summed E-state index contributed by atoms with van der Waals surface area (Å²) in [6.07, 6.45) is 10.8. The van der Waals surface area contributed by atoms with Crippen LogP contribution < -0.4 is 37.9 Å². The summed E-state index contributed by atoms with van der Waals surface area (Å²) in [6.45, 7) is 5.42. The van der Waals surface area contributed by atoms with Gasteiger partial charge in [0, 0.05) is 50.1 Å². The van der Waals surface area contributed by atoms with Gasteiger partial charge in [0.1, 0.15) is 23.4 Å². The monoisotopic (exact) mass is 614 g/mol. The normalized spacial score (nSPS) is 15.1. The van der Waals surface area contributed by atoms with Crippen LogP contribution in [0.15, 0.2) is 89.1 Å². The van der Waals surface area contributed by atoms with Crippen molar-refractivity contribution in [2.75, 3.05) is 39.6 Å². The summed E-state index contributed by atoms with van der Waals surface area (Å²) in [7, 11) is 4.96. The highest BCUT2D eigenvalue weighted by molar-refractivity contribution is 6.08. The minimum atomic E-state index is -0.273. The Kier molecular flexibility index (Phi) is 13.7. The Morgan fingerprint density at radius 1 is 1.29 bits per heavy atom. The summed E-state index contributed by atoms with van der Waals surface area (Å²) in [5.74, 6) is -0.0194. The van der Waals surface area contributed by atoms with E-state index < -0.39 is 0 Å². The fourth-order valence-electron chi connectivity index (χ4n) is 3.96. The predicted octanol–water partition coefficient (Wildman–Crippen LogP) is 2.21. The van der Waals surface area contributed by atoms with Crippen LogP contribution in [0.2, 0.25) is 0 Å². The molecule has 1 aliphatic carbocycles. The van der Waals surface area contributed by atoms with Gasteiger partial charge in [0.2, 0.25) is 0 Å². The summed E-state index contributed by atoms with van der Waals surface area (Å²) in [4.78, 5) is 30.3. The minimum absolute atomic E-state index is 0.0243. The lowest BCUT2D eigenvalue weighted by atomic mass is 10.0. The highest BCUT2D eigenvalue weighted by Gasteiger charge is 2.29. The molecule has 45 heavy (non-hydrogen) atoms. The number of anilines is 1. The van der Waals surface area contributed by atoms with Crippen LogP contribution in [0.5, 0.6) is 5.75 Å². The van der Waals surface area contributed by atoms with Gasteiger partial charge in [-0.25, -0.2) is 0 Å². The Bertz CT molecular complexity index is 1520. The van der Waals surface area contributed by atoms with Crippen molar-refractivity contribution < 1.29 is 14.3 Å². The average Bonchev–Trinajstić information content (AvgIpc) is 3.89. The van der Waals surface area contributed by atoms with Crippen molar-refractivity contribution in [3.63, 3.8) is 0 Å². The minimum Gasteiger partial charge on any atom is -0.494 e. The molecule has 0 bridgehead atoms. The molecule has 3 rings (SSSR count). The number of likely N-dealkylation sites (N-methyl/N-ethyl adjacent to an activating group) is 1. The van der Waals surface area contributed by atoms with E-state index in [9.17, 15) is 9.59 Å². The number of nitriles is 1. The molecule has 1 aromatic carbocycles. The number of nitrogens with zero attached hydrogens (tertiary/aromatic N) is 3. The van der Waals surface area contributed by atoms with E-state index in [1.54, 1.807) is 39.4 Å². The molecule has 0 radical (unpaired) electrons. The van der Waals surface area contributed by atoms with E-state index in [4.69, 9.17) is 32.6 Å². The molecule has 238 valence electrons. The van der Waals surface area contributed by atoms with E-state index in [-0.39, 0.29) is 41.4 Å². The molecule has 0 atom stereocenters. The number of ether oxygens (including phenoxy) is 1. The van der Waals surface area contributed by atoms with Gasteiger partial charge in [-0.3, -0.25) is 9.59 Å². The number of amides is 2. The van der Waals surface area contributed by atoms with Crippen molar-refractivity contribution >= 4 is 34.6 Å². The third-order valence-electron chi connectivity index (χ3n) is 6.47. The van der Waals surface area contributed by atoms with Crippen molar-refractivity contribution in [3.05, 3.63) is 89.7 Å². The van der Waals surface area contributed by atoms with Gasteiger partial charge >= 0.3 is 0 Å². The van der Waals surface area contributed by atoms with E-state index in [0.717, 1.165) is 30.2 Å². The Morgan fingerprint density at radius 3 is 2.49 bits per heavy atom. The second-order valence-electron chi connectivity index (χ2n) is 10.1. The van der Waals surface area contributed by atoms with Gasteiger partial charge in [-0.05, 0) is 49.8 Å². The number of carbonyl (C=O) groups excluding carboxylic acids is 2. The second-order valence-corrected chi connectivity index (χ2v) is 10.1. The number of aliphatic imine (C=N–C) groups is 1. The van der Waals surface area contributed by atoms with Gasteiger partial charge in [-0.15, -0.1) is 0 Å². The van der Waals surface area contributed by atoms with Crippen molar-refractivity contribution in [3.8, 4) is 11.8 Å². The quantitative estimate of drug-likeness (QED) is 0.0787. The van der Waals surface area contributed by atoms with Crippen LogP contribution in [-0.2, 0) is 9.59 Å². The number of carbonyl (C=O) groups is 2. The maximum atomic E-state index is 12.9. The maximum absolute atomic E-state index is 12.9. The van der Waals surface area contributed by atoms with E-state index in [2.05, 4.69) is 27.5 Å². The van der Waals surface area contributed by atoms with E-state index in [1.807, 2.05) is 31.3 Å². The predicted molar refractivity (Wildman–Crippen MR) is 179 cm³/mol. The van der Waals surface area contributed by atoms with Gasteiger partial charge in [-0.1, -0.05) is 24.8 Å². The number of allylic oxidation sites excluding steroid dienone is 5. The van der Waals surface area contributed by atoms with Crippen LogP contribution >= 0.6 is 0 Å². The lowest BCUT2D eigenvalue weighted by molar-refractivity contribution is -0.126. The maximum Gasteiger partial charge on any atom is 0.270 e. The van der Waals surface area contributed by atoms with Crippen molar-refractivity contribution in [1.29, 1.82) is 10.7 Å². The molecule has 13 heteroatoms. The van der Waals surface area contributed by atoms with Crippen LogP contribution in [0.4, 0.5) is 5.69 Å². The van der Waals surface area contributed by atoms with Gasteiger partial charge in [0.15, 0.2) is 0 Å². The Balaban J connectivity index is 0.00000166. The highest BCUT2D eigenvalue weighted by atomic mass is 16.5. The molecular formula is C32H42N10O3. The number of para-hydroxylation sites is 1. The van der Waals surface area contributed by atoms with Gasteiger partial charge in [-0.2, -0.15) is 10.3 Å². The first kappa shape index (κ1) is 35.4. The molecule has 1 aliphatic heterocycles. The molecule has 0 saturated heterocycles. The number of rotatable bonds is 12. The van der Waals surface area contributed by atoms with E-state index in [1.165, 1.54) is 17.1 Å². The Hall–Kier alpha value is -5.77. The molecule has 10 N–H and O–H groups in total. The number of hydrogen-bond donors (Lipinski definition) is 7. The van der Waals surface area contributed by atoms with Crippen molar-refractivity contribution in [2.24, 2.45) is 28.1 Å². The van der Waals surface area contributed by atoms with Gasteiger partial charge in [0.25, 0.3) is 11.8 Å². The number of dihydropyridines is 1. The van der Waals surface area contributed by atoms with Crippen LogP contribution in [0, 0.1) is 22.7 Å². The number of nitrogens with one attached hydrogen (secondary N) is 4. The second kappa shape index (κ2) is 17.4. The number of nitrogens with two attached hydrogens (primary N) is 3. The summed E-state index contributed by atoms with van der Waals surface area (Å²) in [6, 6.07) is 7.44. The van der Waals surface area contributed by atoms with Crippen molar-refractivity contribution in [1.82, 2.24) is 15.5 Å². The third-order valence-corrected chi connectivity index (χ3v) is 6.47. The fraction of sp³-hybridized carbons (Fsp3) is 0.281. The van der Waals surface area contributed by atoms with Crippen LogP contribution in [0.1, 0.15) is 25.3 Å². The lowest BCUT2D eigenvalue weighted by Crippen LogP contribution is -2.37. The number of methoxy groups -OCH3 is 1. The number of hydrogen-bond acceptors (Lipinski definition) is 10. The van der Waals surface area contributed by atoms with Crippen LogP contribution in [-0.4, -0.2) is 62.6 Å². The van der Waals surface area contributed by atoms with E-state index in [0.29, 0.717) is 35.1 Å². The van der Waals surface area contributed by atoms with Crippen LogP contribution in [0.25, 0.3) is 5.57 Å². The first-order chi connectivity index (χ1) is 21.5. The molecule has 2 aliphatic rings. The van der Waals surface area contributed by atoms with E-state index >= 15 is 0 Å². The molecule has 13 nitrogen and oxygen atoms in total. The number of benzene rings is 1. The third kappa shape index (κ3) is 10.8. The van der Waals surface area contributed by atoms with Crippen LogP contribution in [0.3, 0.4) is 0 Å². The Morgan fingerprint density at radius 2 is 1.98 bits per heavy atom. The first-order valence-corrected chi connectivity index (χ1v) is 14.1. The molecule has 0 unspecified atom stereocenters. The largest absolute Gasteiger partial charge is 0.494 e. The standard InChI is InChI=1S/C29H35N9O3.C3H7N/c1-17(32)25(12-26(34)37-28(39)19-7-8-19)36-23-6-4-5-22(27(23)41-3)20-9-10-24(35-15-20)29(40)38(2)16-21(33)11-18(13-30)14-31;1-3-4-2/h4-6,9-13,19,32,35-36H,7-8,15-16,30,33H2,1-3H3,(H2,34,37,39);3-4H,1H2,2H3/b18-13+,21-11-,25-12+,32-17?;. The summed E-state index contributed by atoms with van der Waals surface area (Å²) >= 11 is 0. The Labute approximate surface area is 264 Å². The summed E-state index contributed by atoms with van der Waals surface area (Å²) in [5, 5.41) is 26.2. The lowest BCUT2D eigenvalue weighted by Gasteiger charge is -2.24. The molecule has 1 aromatic rings. The zero-order chi connectivity index (χ0) is 33.5. The average molecular weight is 615 g/mol. The van der Waals surface area contributed by atoms with Gasteiger partial charge < -0.3 is 48.2 Å². The zero-order valence-electron chi connectivity index (χ0n) is 26.1. The number of amidine groups is 1. The first-order valence-electron chi connectivity index (χ1n) is 14.1. The molecule has 0 spiro atoms. The smallest absolute Gasteiger partial charge is 0.270 e. The zero-order valence-corrected chi connectivity index (χ0v) is 26.1. The molecule has 0 aromatic heterocycles. The molecule has 1 fully saturated rings. The summed E-state index contributed by atoms with van der Waals surface area (Å²) in [5.41, 5.74) is 21.0. The SMILES string of the molecule is C=CNC.COc1c(N/C(=C/C(N)=NC(=O)C2CC2)C(C)=N)cccc1C1=CC=C(C(=O)N(C)C/C(N)=C/C(C#N)=C\N)NC1. The van der Waals surface area contributed by atoms with Gasteiger partial charge in [0.05, 0.1) is 36.3 Å². The summed E-state index contributed by atoms with van der Waals surface area (Å²) < 4.78 is 5.73. The molecule has 2 amide bonds. The molecule has 1 heterocycles. The topological polar surface area (TPSA) is 221 Å². The molecular weight excluding hydrogens is 572 g/mol. The fourth-order valence-corrected chi connectivity index (χ4v) is 3.96. The van der Waals surface area contributed by atoms with Crippen molar-refractivity contribution in [2.45, 2.75) is 19.8 Å².